The van der Waals surface area contributed by atoms with Gasteiger partial charge < -0.3 is 10.4 Å². The van der Waals surface area contributed by atoms with E-state index >= 15 is 0 Å². The van der Waals surface area contributed by atoms with Crippen molar-refractivity contribution in [2.24, 2.45) is 0 Å². The summed E-state index contributed by atoms with van der Waals surface area (Å²) >= 11 is 1.24. The molecule has 0 fully saturated rings. The molecule has 1 aromatic heterocycles. The standard InChI is InChI=1S/C14H11F2NO3S/c1-6-3-12(21-7(6)2)13(18)17-11-5-10(16)9(15)4-8(11)14(19)20/h3-5H,1-2H3,(H,17,18)(H,19,20). The lowest BCUT2D eigenvalue weighted by Gasteiger charge is -2.08. The number of carbonyl (C=O) groups excluding carboxylic acids is 1. The number of carboxylic acid groups (broad SMARTS) is 1. The fourth-order valence-corrected chi connectivity index (χ4v) is 2.63. The summed E-state index contributed by atoms with van der Waals surface area (Å²) in [5.74, 6) is -4.53. The second-order valence-corrected chi connectivity index (χ2v) is 5.68. The SMILES string of the molecule is Cc1cc(C(=O)Nc2cc(F)c(F)cc2C(=O)O)sc1C. The van der Waals surface area contributed by atoms with Crippen LogP contribution in [-0.4, -0.2) is 17.0 Å². The van der Waals surface area contributed by atoms with E-state index in [4.69, 9.17) is 5.11 Å². The highest BCUT2D eigenvalue weighted by Gasteiger charge is 2.18. The molecule has 0 aliphatic heterocycles. The van der Waals surface area contributed by atoms with Crippen LogP contribution in [-0.2, 0) is 0 Å². The molecule has 0 bridgehead atoms. The fraction of sp³-hybridized carbons (Fsp3) is 0.143. The highest BCUT2D eigenvalue weighted by atomic mass is 32.1. The Morgan fingerprint density at radius 1 is 1.14 bits per heavy atom. The Morgan fingerprint density at radius 2 is 1.76 bits per heavy atom. The molecule has 2 aromatic rings. The lowest BCUT2D eigenvalue weighted by atomic mass is 10.1. The predicted molar refractivity (Wildman–Crippen MR) is 75.1 cm³/mol. The average Bonchev–Trinajstić information content (AvgIpc) is 2.73. The molecule has 0 aliphatic rings. The second-order valence-electron chi connectivity index (χ2n) is 4.42. The van der Waals surface area contributed by atoms with Gasteiger partial charge in [0.2, 0.25) is 0 Å². The molecule has 21 heavy (non-hydrogen) atoms. The molecule has 0 saturated carbocycles. The number of hydrogen-bond donors (Lipinski definition) is 2. The van der Waals surface area contributed by atoms with Gasteiger partial charge in [-0.25, -0.2) is 13.6 Å². The van der Waals surface area contributed by atoms with Gasteiger partial charge in [0.1, 0.15) is 0 Å². The van der Waals surface area contributed by atoms with Crippen LogP contribution in [0.25, 0.3) is 0 Å². The zero-order chi connectivity index (χ0) is 15.7. The maximum Gasteiger partial charge on any atom is 0.337 e. The van der Waals surface area contributed by atoms with Gasteiger partial charge in [0.05, 0.1) is 16.1 Å². The lowest BCUT2D eigenvalue weighted by molar-refractivity contribution is 0.0697. The minimum absolute atomic E-state index is 0.282. The number of thiophene rings is 1. The molecule has 1 heterocycles. The Balaban J connectivity index is 2.36. The normalized spacial score (nSPS) is 10.5. The van der Waals surface area contributed by atoms with E-state index in [1.807, 2.05) is 13.8 Å². The van der Waals surface area contributed by atoms with E-state index in [1.165, 1.54) is 11.3 Å². The summed E-state index contributed by atoms with van der Waals surface area (Å²) in [6.07, 6.45) is 0. The summed E-state index contributed by atoms with van der Waals surface area (Å²) < 4.78 is 26.3. The topological polar surface area (TPSA) is 66.4 Å². The molecule has 2 rings (SSSR count). The largest absolute Gasteiger partial charge is 0.478 e. The number of aryl methyl sites for hydroxylation is 2. The van der Waals surface area contributed by atoms with Crippen LogP contribution in [0.1, 0.15) is 30.5 Å². The maximum atomic E-state index is 13.2. The van der Waals surface area contributed by atoms with E-state index in [0.29, 0.717) is 17.0 Å². The van der Waals surface area contributed by atoms with Gasteiger partial charge in [-0.3, -0.25) is 4.79 Å². The second kappa shape index (κ2) is 5.61. The molecular formula is C14H11F2NO3S. The summed E-state index contributed by atoms with van der Waals surface area (Å²) in [7, 11) is 0. The Bertz CT molecular complexity index is 721. The monoisotopic (exact) mass is 311 g/mol. The molecule has 0 radical (unpaired) electrons. The predicted octanol–water partition coefficient (Wildman–Crippen LogP) is 3.59. The average molecular weight is 311 g/mol. The number of carboxylic acids is 1. The minimum Gasteiger partial charge on any atom is -0.478 e. The van der Waals surface area contributed by atoms with E-state index in [2.05, 4.69) is 5.32 Å². The third kappa shape index (κ3) is 3.08. The van der Waals surface area contributed by atoms with Gasteiger partial charge in [0.15, 0.2) is 11.6 Å². The van der Waals surface area contributed by atoms with Crippen LogP contribution >= 0.6 is 11.3 Å². The van der Waals surface area contributed by atoms with Crippen molar-refractivity contribution in [3.8, 4) is 0 Å². The first kappa shape index (κ1) is 15.1. The number of carbonyl (C=O) groups is 2. The van der Waals surface area contributed by atoms with Crippen molar-refractivity contribution >= 4 is 28.9 Å². The number of rotatable bonds is 3. The molecule has 7 heteroatoms. The minimum atomic E-state index is -1.46. The Morgan fingerprint density at radius 3 is 2.29 bits per heavy atom. The molecule has 0 spiro atoms. The van der Waals surface area contributed by atoms with Crippen LogP contribution in [0, 0.1) is 25.5 Å². The van der Waals surface area contributed by atoms with E-state index in [0.717, 1.165) is 10.4 Å². The number of benzene rings is 1. The van der Waals surface area contributed by atoms with Crippen molar-refractivity contribution in [3.63, 3.8) is 0 Å². The van der Waals surface area contributed by atoms with Crippen LogP contribution < -0.4 is 5.32 Å². The Hall–Kier alpha value is -2.28. The fourth-order valence-electron chi connectivity index (χ4n) is 1.70. The van der Waals surface area contributed by atoms with Gasteiger partial charge in [-0.2, -0.15) is 0 Å². The first-order chi connectivity index (χ1) is 9.79. The van der Waals surface area contributed by atoms with Gasteiger partial charge >= 0.3 is 5.97 Å². The third-order valence-electron chi connectivity index (χ3n) is 2.93. The van der Waals surface area contributed by atoms with E-state index < -0.39 is 29.1 Å². The molecule has 1 aromatic carbocycles. The summed E-state index contributed by atoms with van der Waals surface area (Å²) in [5, 5.41) is 11.3. The van der Waals surface area contributed by atoms with Gasteiger partial charge in [-0.15, -0.1) is 11.3 Å². The smallest absolute Gasteiger partial charge is 0.337 e. The van der Waals surface area contributed by atoms with Crippen molar-refractivity contribution < 1.29 is 23.5 Å². The highest BCUT2D eigenvalue weighted by molar-refractivity contribution is 7.14. The maximum absolute atomic E-state index is 13.2. The van der Waals surface area contributed by atoms with E-state index in [-0.39, 0.29) is 5.69 Å². The van der Waals surface area contributed by atoms with Crippen molar-refractivity contribution in [3.05, 3.63) is 50.7 Å². The summed E-state index contributed by atoms with van der Waals surface area (Å²) in [6, 6.07) is 2.85. The molecule has 110 valence electrons. The number of aromatic carboxylic acids is 1. The van der Waals surface area contributed by atoms with Crippen molar-refractivity contribution in [2.75, 3.05) is 5.32 Å². The Kier molecular flexibility index (Phi) is 4.04. The molecule has 1 amide bonds. The van der Waals surface area contributed by atoms with Gasteiger partial charge in [-0.1, -0.05) is 0 Å². The molecule has 0 atom stereocenters. The van der Waals surface area contributed by atoms with Crippen LogP contribution in [0.4, 0.5) is 14.5 Å². The number of halogens is 2. The first-order valence-corrected chi connectivity index (χ1v) is 6.72. The van der Waals surface area contributed by atoms with Crippen LogP contribution in [0.3, 0.4) is 0 Å². The van der Waals surface area contributed by atoms with E-state index in [1.54, 1.807) is 6.07 Å². The number of nitrogens with one attached hydrogen (secondary N) is 1. The molecule has 4 nitrogen and oxygen atoms in total. The lowest BCUT2D eigenvalue weighted by Crippen LogP contribution is -2.14. The van der Waals surface area contributed by atoms with Crippen LogP contribution in [0.2, 0.25) is 0 Å². The number of hydrogen-bond acceptors (Lipinski definition) is 3. The molecular weight excluding hydrogens is 300 g/mol. The van der Waals surface area contributed by atoms with Gasteiger partial charge in [-0.05, 0) is 31.5 Å². The summed E-state index contributed by atoms with van der Waals surface area (Å²) in [4.78, 5) is 24.4. The first-order valence-electron chi connectivity index (χ1n) is 5.90. The zero-order valence-corrected chi connectivity index (χ0v) is 12.0. The zero-order valence-electron chi connectivity index (χ0n) is 11.2. The highest BCUT2D eigenvalue weighted by Crippen LogP contribution is 2.24. The summed E-state index contributed by atoms with van der Waals surface area (Å²) in [5.41, 5.74) is 0.135. The van der Waals surface area contributed by atoms with Crippen LogP contribution in [0.15, 0.2) is 18.2 Å². The molecule has 0 unspecified atom stereocenters. The number of amides is 1. The van der Waals surface area contributed by atoms with Crippen molar-refractivity contribution in [1.82, 2.24) is 0 Å². The van der Waals surface area contributed by atoms with Crippen molar-refractivity contribution in [2.45, 2.75) is 13.8 Å². The van der Waals surface area contributed by atoms with Crippen molar-refractivity contribution in [1.29, 1.82) is 0 Å². The molecule has 0 saturated heterocycles. The molecule has 0 aliphatic carbocycles. The third-order valence-corrected chi connectivity index (χ3v) is 4.08. The quantitative estimate of drug-likeness (QED) is 0.910. The molecule has 2 N–H and O–H groups in total. The summed E-state index contributed by atoms with van der Waals surface area (Å²) in [6.45, 7) is 3.68. The van der Waals surface area contributed by atoms with E-state index in [9.17, 15) is 18.4 Å². The van der Waals surface area contributed by atoms with Gasteiger partial charge in [0, 0.05) is 10.9 Å². The number of anilines is 1. The van der Waals surface area contributed by atoms with Gasteiger partial charge in [0.25, 0.3) is 5.91 Å². The Labute approximate surface area is 123 Å². The van der Waals surface area contributed by atoms with Crippen LogP contribution in [0.5, 0.6) is 0 Å².